The molecule has 5 atom stereocenters. The first kappa shape index (κ1) is 28.9. The summed E-state index contributed by atoms with van der Waals surface area (Å²) < 4.78 is 68.6. The molecule has 2 aliphatic rings. The van der Waals surface area contributed by atoms with Crippen molar-refractivity contribution < 1.29 is 31.2 Å². The number of carbonyl (C=O) groups excluding carboxylic acids is 1. The van der Waals surface area contributed by atoms with Gasteiger partial charge in [0.05, 0.1) is 27.3 Å². The second-order valence-electron chi connectivity index (χ2n) is 10.5. The van der Waals surface area contributed by atoms with E-state index >= 15 is 0 Å². The molecule has 2 fully saturated rings. The lowest BCUT2D eigenvalue weighted by molar-refractivity contribution is -0.149. The van der Waals surface area contributed by atoms with Crippen LogP contribution in [0.5, 0.6) is 0 Å². The molecule has 1 heterocycles. The number of hydroxylamine groups is 2. The highest BCUT2D eigenvalue weighted by Gasteiger charge is 2.51. The minimum absolute atomic E-state index is 0.0156. The van der Waals surface area contributed by atoms with Gasteiger partial charge in [0.1, 0.15) is 0 Å². The van der Waals surface area contributed by atoms with Crippen LogP contribution in [0.1, 0.15) is 56.8 Å². The zero-order valence-electron chi connectivity index (χ0n) is 21.7. The summed E-state index contributed by atoms with van der Waals surface area (Å²) in [6.07, 6.45) is 2.94. The zero-order chi connectivity index (χ0) is 28.0. The van der Waals surface area contributed by atoms with Crippen LogP contribution in [-0.4, -0.2) is 43.8 Å². The summed E-state index contributed by atoms with van der Waals surface area (Å²) in [5.41, 5.74) is -0.659. The number of halogens is 4. The quantitative estimate of drug-likeness (QED) is 0.397. The molecular weight excluding hydrogens is 541 g/mol. The summed E-state index contributed by atoms with van der Waals surface area (Å²) in [5.74, 6) is -5.42. The van der Waals surface area contributed by atoms with Gasteiger partial charge in [-0.25, -0.2) is 21.6 Å². The molecule has 1 N–H and O–H groups in total. The van der Waals surface area contributed by atoms with Crippen molar-refractivity contribution >= 4 is 33.0 Å². The van der Waals surface area contributed by atoms with E-state index in [1.165, 1.54) is 18.2 Å². The van der Waals surface area contributed by atoms with Gasteiger partial charge in [-0.15, -0.1) is 0 Å². The Morgan fingerprint density at radius 1 is 1.16 bits per heavy atom. The van der Waals surface area contributed by atoms with Crippen LogP contribution in [0.3, 0.4) is 0 Å². The molecule has 2 aromatic carbocycles. The third kappa shape index (κ3) is 5.08. The highest BCUT2D eigenvalue weighted by Crippen LogP contribution is 2.48. The molecule has 1 aliphatic heterocycles. The van der Waals surface area contributed by atoms with Crippen LogP contribution in [0, 0.1) is 35.2 Å². The van der Waals surface area contributed by atoms with Gasteiger partial charge in [0, 0.05) is 36.3 Å². The molecule has 0 radical (unpaired) electrons. The fraction of sp³-hybridized carbons (Fsp3) is 0.519. The van der Waals surface area contributed by atoms with E-state index in [-0.39, 0.29) is 44.5 Å². The van der Waals surface area contributed by atoms with Crippen molar-refractivity contribution in [2.24, 2.45) is 17.8 Å². The Kier molecular flexibility index (Phi) is 8.19. The maximum absolute atomic E-state index is 14.1. The Bertz CT molecular complexity index is 1310. The first-order valence-corrected chi connectivity index (χ1v) is 14.6. The molecule has 1 saturated heterocycles. The second kappa shape index (κ2) is 10.8. The number of nitrogens with one attached hydrogen (secondary N) is 1. The smallest absolute Gasteiger partial charge is 0.255 e. The highest BCUT2D eigenvalue weighted by atomic mass is 35.5. The number of sulfone groups is 1. The molecule has 0 aromatic heterocycles. The Hall–Kier alpha value is -2.14. The normalized spacial score (nSPS) is 28.1. The molecular formula is C27H32ClF3N2O4S. The van der Waals surface area contributed by atoms with Gasteiger partial charge in [0.15, 0.2) is 27.3 Å². The summed E-state index contributed by atoms with van der Waals surface area (Å²) >= 11 is 6.37. The molecule has 208 valence electrons. The standard InChI is InChI=1S/C27H32ClF3N2O4S/c1-5-27(16(3)14-37-33(27)4)13-18-7-6-15(2)25(18)38(35,36)23-10-17(8-9-20(23)28)26(34)32-19-11-21(29)24(31)22(30)12-19/h8-12,15-16,18,25H,5-7,13-14H2,1-4H3,(H,32,34)/t15?,16?,18-,25?,27+/m0/s1. The Labute approximate surface area is 226 Å². The van der Waals surface area contributed by atoms with E-state index in [9.17, 15) is 26.4 Å². The molecule has 38 heavy (non-hydrogen) atoms. The van der Waals surface area contributed by atoms with E-state index in [1.807, 2.05) is 19.0 Å². The first-order chi connectivity index (χ1) is 17.8. The van der Waals surface area contributed by atoms with Gasteiger partial charge in [-0.1, -0.05) is 32.4 Å². The van der Waals surface area contributed by atoms with Gasteiger partial charge >= 0.3 is 0 Å². The van der Waals surface area contributed by atoms with E-state index in [0.29, 0.717) is 25.2 Å². The van der Waals surface area contributed by atoms with Crippen LogP contribution < -0.4 is 5.32 Å². The predicted molar refractivity (Wildman–Crippen MR) is 139 cm³/mol. The third-order valence-electron chi connectivity index (χ3n) is 8.41. The topological polar surface area (TPSA) is 75.7 Å². The number of rotatable bonds is 7. The predicted octanol–water partition coefficient (Wildman–Crippen LogP) is 6.25. The van der Waals surface area contributed by atoms with Crippen molar-refractivity contribution in [3.63, 3.8) is 0 Å². The van der Waals surface area contributed by atoms with Crippen molar-refractivity contribution in [2.75, 3.05) is 19.0 Å². The Balaban J connectivity index is 1.64. The fourth-order valence-corrected chi connectivity index (χ4v) is 9.06. The van der Waals surface area contributed by atoms with Crippen LogP contribution in [0.15, 0.2) is 35.2 Å². The molecule has 2 aromatic rings. The molecule has 3 unspecified atom stereocenters. The lowest BCUT2D eigenvalue weighted by atomic mass is 9.76. The Morgan fingerprint density at radius 3 is 2.39 bits per heavy atom. The van der Waals surface area contributed by atoms with Gasteiger partial charge in [0.25, 0.3) is 5.91 Å². The molecule has 0 spiro atoms. The zero-order valence-corrected chi connectivity index (χ0v) is 23.3. The number of carbonyl (C=O) groups is 1. The largest absolute Gasteiger partial charge is 0.322 e. The molecule has 4 rings (SSSR count). The van der Waals surface area contributed by atoms with E-state index < -0.39 is 38.4 Å². The first-order valence-electron chi connectivity index (χ1n) is 12.7. The van der Waals surface area contributed by atoms with Crippen molar-refractivity contribution in [1.82, 2.24) is 5.06 Å². The SMILES string of the molecule is CC[C@@]1(C[C@@H]2CCC(C)C2S(=O)(=O)c2cc(C(=O)Nc3cc(F)c(F)c(F)c3)ccc2Cl)C(C)CON1C. The molecule has 11 heteroatoms. The Morgan fingerprint density at radius 2 is 1.82 bits per heavy atom. The lowest BCUT2D eigenvalue weighted by Crippen LogP contribution is -2.47. The van der Waals surface area contributed by atoms with Gasteiger partial charge < -0.3 is 5.32 Å². The van der Waals surface area contributed by atoms with E-state index in [2.05, 4.69) is 19.2 Å². The van der Waals surface area contributed by atoms with Crippen molar-refractivity contribution in [2.45, 2.75) is 62.1 Å². The van der Waals surface area contributed by atoms with Gasteiger partial charge in [-0.2, -0.15) is 5.06 Å². The molecule has 0 bridgehead atoms. The van der Waals surface area contributed by atoms with Crippen LogP contribution in [0.2, 0.25) is 5.02 Å². The number of amides is 1. The maximum atomic E-state index is 14.1. The molecule has 1 amide bonds. The average Bonchev–Trinajstić information content (AvgIpc) is 3.37. The van der Waals surface area contributed by atoms with Crippen molar-refractivity contribution in [3.8, 4) is 0 Å². The van der Waals surface area contributed by atoms with Crippen LogP contribution in [-0.2, 0) is 14.7 Å². The van der Waals surface area contributed by atoms with Gasteiger partial charge in [-0.05, 0) is 55.7 Å². The summed E-state index contributed by atoms with van der Waals surface area (Å²) in [5, 5.41) is 3.44. The minimum Gasteiger partial charge on any atom is -0.322 e. The second-order valence-corrected chi connectivity index (χ2v) is 13.0. The summed E-state index contributed by atoms with van der Waals surface area (Å²) in [7, 11) is -2.07. The lowest BCUT2D eigenvalue weighted by Gasteiger charge is -2.40. The van der Waals surface area contributed by atoms with Crippen molar-refractivity contribution in [3.05, 3.63) is 58.4 Å². The minimum atomic E-state index is -3.97. The van der Waals surface area contributed by atoms with E-state index in [1.54, 1.807) is 0 Å². The molecule has 6 nitrogen and oxygen atoms in total. The van der Waals surface area contributed by atoms with Gasteiger partial charge in [-0.3, -0.25) is 9.63 Å². The monoisotopic (exact) mass is 572 g/mol. The number of hydrogen-bond acceptors (Lipinski definition) is 5. The van der Waals surface area contributed by atoms with E-state index in [0.717, 1.165) is 19.3 Å². The van der Waals surface area contributed by atoms with Crippen LogP contribution in [0.4, 0.5) is 18.9 Å². The number of anilines is 1. The van der Waals surface area contributed by atoms with E-state index in [4.69, 9.17) is 16.4 Å². The van der Waals surface area contributed by atoms with Gasteiger partial charge in [0.2, 0.25) is 0 Å². The number of benzene rings is 2. The summed E-state index contributed by atoms with van der Waals surface area (Å²) in [4.78, 5) is 18.5. The number of hydrogen-bond donors (Lipinski definition) is 1. The summed E-state index contributed by atoms with van der Waals surface area (Å²) in [6.45, 7) is 6.70. The highest BCUT2D eigenvalue weighted by molar-refractivity contribution is 7.92. The molecule has 1 saturated carbocycles. The molecule has 1 aliphatic carbocycles. The third-order valence-corrected chi connectivity index (χ3v) is 11.4. The van der Waals surface area contributed by atoms with Crippen molar-refractivity contribution in [1.29, 1.82) is 0 Å². The average molecular weight is 573 g/mol. The van der Waals surface area contributed by atoms with Crippen LogP contribution >= 0.6 is 11.6 Å². The summed E-state index contributed by atoms with van der Waals surface area (Å²) in [6, 6.07) is 5.11. The maximum Gasteiger partial charge on any atom is 0.255 e. The van der Waals surface area contributed by atoms with Crippen LogP contribution in [0.25, 0.3) is 0 Å². The number of nitrogens with zero attached hydrogens (tertiary/aromatic N) is 1. The fourth-order valence-electron chi connectivity index (χ4n) is 6.20.